The van der Waals surface area contributed by atoms with E-state index in [0.29, 0.717) is 0 Å². The molecular formula is C12H20N2O. The first kappa shape index (κ1) is 11.9. The molecule has 0 aliphatic carbocycles. The molecule has 0 fully saturated rings. The van der Waals surface area contributed by atoms with E-state index in [1.54, 1.807) is 0 Å². The van der Waals surface area contributed by atoms with Crippen LogP contribution in [0.15, 0.2) is 24.3 Å². The van der Waals surface area contributed by atoms with Gasteiger partial charge in [-0.05, 0) is 38.1 Å². The van der Waals surface area contributed by atoms with Gasteiger partial charge in [-0.1, -0.05) is 0 Å². The molecule has 1 aromatic carbocycles. The second-order valence-electron chi connectivity index (χ2n) is 4.61. The summed E-state index contributed by atoms with van der Waals surface area (Å²) in [4.78, 5) is 2.06. The third-order valence-corrected chi connectivity index (χ3v) is 2.26. The van der Waals surface area contributed by atoms with Crippen LogP contribution < -0.4 is 10.2 Å². The Kier molecular flexibility index (Phi) is 3.58. The van der Waals surface area contributed by atoms with Crippen molar-refractivity contribution in [3.05, 3.63) is 24.3 Å². The van der Waals surface area contributed by atoms with Gasteiger partial charge in [0, 0.05) is 25.5 Å². The standard InChI is InChI=1S/C12H20N2O/c1-12(2,9-15)13-10-5-7-11(8-6-10)14(3)4/h5-8,13,15H,9H2,1-4H3. The van der Waals surface area contributed by atoms with Gasteiger partial charge >= 0.3 is 0 Å². The van der Waals surface area contributed by atoms with Gasteiger partial charge in [0.05, 0.1) is 12.1 Å². The van der Waals surface area contributed by atoms with Gasteiger partial charge in [-0.2, -0.15) is 0 Å². The summed E-state index contributed by atoms with van der Waals surface area (Å²) in [5, 5.41) is 12.4. The van der Waals surface area contributed by atoms with E-state index in [-0.39, 0.29) is 12.1 Å². The highest BCUT2D eigenvalue weighted by Crippen LogP contribution is 2.18. The lowest BCUT2D eigenvalue weighted by atomic mass is 10.1. The predicted molar refractivity (Wildman–Crippen MR) is 65.6 cm³/mol. The molecule has 1 rings (SSSR count). The largest absolute Gasteiger partial charge is 0.394 e. The van der Waals surface area contributed by atoms with E-state index in [1.165, 1.54) is 5.69 Å². The molecule has 0 aromatic heterocycles. The van der Waals surface area contributed by atoms with Gasteiger partial charge in [0.1, 0.15) is 0 Å². The molecule has 0 aliphatic heterocycles. The molecule has 0 spiro atoms. The Bertz CT molecular complexity index is 304. The van der Waals surface area contributed by atoms with Crippen molar-refractivity contribution in [1.29, 1.82) is 0 Å². The second kappa shape index (κ2) is 4.53. The predicted octanol–water partition coefficient (Wildman–Crippen LogP) is 1.94. The fourth-order valence-electron chi connectivity index (χ4n) is 1.27. The van der Waals surface area contributed by atoms with Crippen molar-refractivity contribution in [1.82, 2.24) is 0 Å². The molecule has 0 amide bonds. The normalized spacial score (nSPS) is 11.3. The minimum Gasteiger partial charge on any atom is -0.394 e. The van der Waals surface area contributed by atoms with E-state index in [9.17, 15) is 0 Å². The van der Waals surface area contributed by atoms with Crippen LogP contribution >= 0.6 is 0 Å². The second-order valence-corrected chi connectivity index (χ2v) is 4.61. The van der Waals surface area contributed by atoms with Crippen molar-refractivity contribution in [2.75, 3.05) is 30.9 Å². The maximum absolute atomic E-state index is 9.13. The Morgan fingerprint density at radius 2 is 1.73 bits per heavy atom. The number of nitrogens with zero attached hydrogens (tertiary/aromatic N) is 1. The van der Waals surface area contributed by atoms with Crippen LogP contribution in [-0.2, 0) is 0 Å². The highest BCUT2D eigenvalue weighted by atomic mass is 16.3. The molecule has 0 atom stereocenters. The molecule has 15 heavy (non-hydrogen) atoms. The van der Waals surface area contributed by atoms with Gasteiger partial charge < -0.3 is 15.3 Å². The minimum absolute atomic E-state index is 0.114. The van der Waals surface area contributed by atoms with Gasteiger partial charge in [-0.3, -0.25) is 0 Å². The molecule has 0 saturated heterocycles. The van der Waals surface area contributed by atoms with Crippen molar-refractivity contribution in [3.63, 3.8) is 0 Å². The lowest BCUT2D eigenvalue weighted by Gasteiger charge is -2.25. The first-order chi connectivity index (χ1) is 6.94. The van der Waals surface area contributed by atoms with Gasteiger partial charge in [0.15, 0.2) is 0 Å². The van der Waals surface area contributed by atoms with Crippen LogP contribution in [0.25, 0.3) is 0 Å². The number of anilines is 2. The fraction of sp³-hybridized carbons (Fsp3) is 0.500. The number of nitrogens with one attached hydrogen (secondary N) is 1. The van der Waals surface area contributed by atoms with E-state index < -0.39 is 0 Å². The first-order valence-electron chi connectivity index (χ1n) is 5.11. The molecule has 84 valence electrons. The monoisotopic (exact) mass is 208 g/mol. The molecule has 0 saturated carbocycles. The van der Waals surface area contributed by atoms with E-state index in [1.807, 2.05) is 40.1 Å². The summed E-state index contributed by atoms with van der Waals surface area (Å²) in [6.07, 6.45) is 0. The number of aliphatic hydroxyl groups is 1. The maximum Gasteiger partial charge on any atom is 0.0656 e. The summed E-state index contributed by atoms with van der Waals surface area (Å²) in [6, 6.07) is 8.14. The van der Waals surface area contributed by atoms with Crippen molar-refractivity contribution in [3.8, 4) is 0 Å². The van der Waals surface area contributed by atoms with Crippen LogP contribution in [0.5, 0.6) is 0 Å². The average molecular weight is 208 g/mol. The van der Waals surface area contributed by atoms with Crippen LogP contribution in [-0.4, -0.2) is 31.3 Å². The molecule has 1 aromatic rings. The Hall–Kier alpha value is -1.22. The van der Waals surface area contributed by atoms with Crippen molar-refractivity contribution < 1.29 is 5.11 Å². The van der Waals surface area contributed by atoms with E-state index >= 15 is 0 Å². The Labute approximate surface area is 91.7 Å². The molecule has 0 radical (unpaired) electrons. The smallest absolute Gasteiger partial charge is 0.0656 e. The van der Waals surface area contributed by atoms with Crippen LogP contribution in [0.3, 0.4) is 0 Å². The van der Waals surface area contributed by atoms with Gasteiger partial charge in [-0.15, -0.1) is 0 Å². The van der Waals surface area contributed by atoms with Gasteiger partial charge in [-0.25, -0.2) is 0 Å². The first-order valence-corrected chi connectivity index (χ1v) is 5.11. The van der Waals surface area contributed by atoms with E-state index in [0.717, 1.165) is 5.69 Å². The molecule has 3 nitrogen and oxygen atoms in total. The van der Waals surface area contributed by atoms with Gasteiger partial charge in [0.2, 0.25) is 0 Å². The molecule has 3 heteroatoms. The number of benzene rings is 1. The Morgan fingerprint density at radius 3 is 2.13 bits per heavy atom. The topological polar surface area (TPSA) is 35.5 Å². The third kappa shape index (κ3) is 3.44. The SMILES string of the molecule is CN(C)c1ccc(NC(C)(C)CO)cc1. The van der Waals surface area contributed by atoms with Crippen LogP contribution in [0.4, 0.5) is 11.4 Å². The van der Waals surface area contributed by atoms with Crippen molar-refractivity contribution >= 4 is 11.4 Å². The zero-order valence-corrected chi connectivity index (χ0v) is 9.91. The molecule has 0 bridgehead atoms. The maximum atomic E-state index is 9.13. The fourth-order valence-corrected chi connectivity index (χ4v) is 1.27. The summed E-state index contributed by atoms with van der Waals surface area (Å²) in [7, 11) is 4.03. The summed E-state index contributed by atoms with van der Waals surface area (Å²) >= 11 is 0. The highest BCUT2D eigenvalue weighted by Gasteiger charge is 2.15. The number of aliphatic hydroxyl groups excluding tert-OH is 1. The zero-order chi connectivity index (χ0) is 11.5. The van der Waals surface area contributed by atoms with Gasteiger partial charge in [0.25, 0.3) is 0 Å². The Morgan fingerprint density at radius 1 is 1.20 bits per heavy atom. The van der Waals surface area contributed by atoms with E-state index in [2.05, 4.69) is 22.3 Å². The van der Waals surface area contributed by atoms with Crippen LogP contribution in [0.2, 0.25) is 0 Å². The van der Waals surface area contributed by atoms with Crippen molar-refractivity contribution in [2.45, 2.75) is 19.4 Å². The summed E-state index contributed by atoms with van der Waals surface area (Å²) in [6.45, 7) is 4.04. The highest BCUT2D eigenvalue weighted by molar-refractivity contribution is 5.55. The zero-order valence-electron chi connectivity index (χ0n) is 9.91. The van der Waals surface area contributed by atoms with E-state index in [4.69, 9.17) is 5.11 Å². The molecule has 0 heterocycles. The van der Waals surface area contributed by atoms with Crippen molar-refractivity contribution in [2.24, 2.45) is 0 Å². The lowest BCUT2D eigenvalue weighted by Crippen LogP contribution is -2.34. The van der Waals surface area contributed by atoms with Crippen LogP contribution in [0.1, 0.15) is 13.8 Å². The average Bonchev–Trinajstić information content (AvgIpc) is 2.18. The number of hydrogen-bond donors (Lipinski definition) is 2. The summed E-state index contributed by atoms with van der Waals surface area (Å²) in [5.74, 6) is 0. The Balaban J connectivity index is 2.73. The molecule has 0 unspecified atom stereocenters. The van der Waals surface area contributed by atoms with Crippen LogP contribution in [0, 0.1) is 0 Å². The quantitative estimate of drug-likeness (QED) is 0.793. The number of rotatable bonds is 4. The summed E-state index contributed by atoms with van der Waals surface area (Å²) in [5.41, 5.74) is 1.92. The minimum atomic E-state index is -0.278. The third-order valence-electron chi connectivity index (χ3n) is 2.26. The number of hydrogen-bond acceptors (Lipinski definition) is 3. The molecule has 2 N–H and O–H groups in total. The molecular weight excluding hydrogens is 188 g/mol. The lowest BCUT2D eigenvalue weighted by molar-refractivity contribution is 0.234. The summed E-state index contributed by atoms with van der Waals surface area (Å²) < 4.78 is 0. The molecule has 0 aliphatic rings.